The highest BCUT2D eigenvalue weighted by Gasteiger charge is 2.18. The summed E-state index contributed by atoms with van der Waals surface area (Å²) < 4.78 is 5.09. The lowest BCUT2D eigenvalue weighted by atomic mass is 10.1. The summed E-state index contributed by atoms with van der Waals surface area (Å²) >= 11 is 5.71. The van der Waals surface area contributed by atoms with Crippen LogP contribution in [-0.2, 0) is 0 Å². The van der Waals surface area contributed by atoms with Crippen molar-refractivity contribution < 1.29 is 19.4 Å². The minimum Gasteiger partial charge on any atom is -0.478 e. The fourth-order valence-electron chi connectivity index (χ4n) is 1.52. The highest BCUT2D eigenvalue weighted by molar-refractivity contribution is 6.31. The van der Waals surface area contributed by atoms with Gasteiger partial charge < -0.3 is 9.84 Å². The van der Waals surface area contributed by atoms with Crippen LogP contribution < -0.4 is 4.74 Å². The Morgan fingerprint density at radius 1 is 1.00 bits per heavy atom. The van der Waals surface area contributed by atoms with Gasteiger partial charge in [0.1, 0.15) is 5.75 Å². The summed E-state index contributed by atoms with van der Waals surface area (Å²) in [5.74, 6) is -1.62. The Morgan fingerprint density at radius 3 is 2.32 bits per heavy atom. The molecule has 0 spiro atoms. The second-order valence-corrected chi connectivity index (χ2v) is 4.13. The summed E-state index contributed by atoms with van der Waals surface area (Å²) in [5, 5.41) is 9.28. The standard InChI is InChI=1S/C14H9ClO4/c15-9-6-7-11(12(8-9)13(16)17)14(18)19-10-4-2-1-3-5-10/h1-8H,(H,16,17). The van der Waals surface area contributed by atoms with Crippen LogP contribution in [-0.4, -0.2) is 17.0 Å². The largest absolute Gasteiger partial charge is 0.478 e. The molecule has 0 aliphatic heterocycles. The van der Waals surface area contributed by atoms with Gasteiger partial charge in [0.2, 0.25) is 0 Å². The number of halogens is 1. The van der Waals surface area contributed by atoms with Gasteiger partial charge in [0.05, 0.1) is 11.1 Å². The van der Waals surface area contributed by atoms with E-state index >= 15 is 0 Å². The molecule has 0 radical (unpaired) electrons. The molecule has 0 unspecified atom stereocenters. The Hall–Kier alpha value is -2.33. The molecule has 2 aromatic carbocycles. The van der Waals surface area contributed by atoms with Crippen molar-refractivity contribution in [3.8, 4) is 5.75 Å². The zero-order valence-corrected chi connectivity index (χ0v) is 10.4. The maximum absolute atomic E-state index is 11.9. The van der Waals surface area contributed by atoms with E-state index in [-0.39, 0.29) is 16.1 Å². The van der Waals surface area contributed by atoms with Crippen molar-refractivity contribution in [3.63, 3.8) is 0 Å². The first-order valence-corrected chi connectivity index (χ1v) is 5.76. The molecule has 0 amide bonds. The predicted molar refractivity (Wildman–Crippen MR) is 69.8 cm³/mol. The highest BCUT2D eigenvalue weighted by Crippen LogP contribution is 2.19. The molecule has 0 atom stereocenters. The average molecular weight is 277 g/mol. The fraction of sp³-hybridized carbons (Fsp3) is 0. The number of hydrogen-bond acceptors (Lipinski definition) is 3. The van der Waals surface area contributed by atoms with Gasteiger partial charge in [0, 0.05) is 5.02 Å². The Bertz CT molecular complexity index is 623. The van der Waals surface area contributed by atoms with E-state index in [1.807, 2.05) is 0 Å². The smallest absolute Gasteiger partial charge is 0.344 e. The van der Waals surface area contributed by atoms with Crippen molar-refractivity contribution in [2.75, 3.05) is 0 Å². The number of ether oxygens (including phenoxy) is 1. The molecule has 2 aromatic rings. The van der Waals surface area contributed by atoms with Crippen molar-refractivity contribution >= 4 is 23.5 Å². The van der Waals surface area contributed by atoms with Crippen molar-refractivity contribution in [2.24, 2.45) is 0 Å². The Morgan fingerprint density at radius 2 is 1.68 bits per heavy atom. The third kappa shape index (κ3) is 3.11. The minimum atomic E-state index is -1.23. The molecule has 1 N–H and O–H groups in total. The number of hydrogen-bond donors (Lipinski definition) is 1. The number of para-hydroxylation sites is 1. The summed E-state index contributed by atoms with van der Waals surface area (Å²) in [6, 6.07) is 12.4. The molecule has 0 fully saturated rings. The molecule has 0 aliphatic carbocycles. The lowest BCUT2D eigenvalue weighted by molar-refractivity contribution is 0.0668. The molecule has 0 bridgehead atoms. The van der Waals surface area contributed by atoms with Crippen LogP contribution in [0.25, 0.3) is 0 Å². The van der Waals surface area contributed by atoms with Crippen LogP contribution in [0.2, 0.25) is 5.02 Å². The Kier molecular flexibility index (Phi) is 3.82. The number of aromatic carboxylic acids is 1. The molecule has 2 rings (SSSR count). The third-order valence-electron chi connectivity index (χ3n) is 2.39. The van der Waals surface area contributed by atoms with Gasteiger partial charge in [-0.2, -0.15) is 0 Å². The first kappa shape index (κ1) is 13.1. The summed E-state index contributed by atoms with van der Waals surface area (Å²) in [7, 11) is 0. The van der Waals surface area contributed by atoms with E-state index in [1.54, 1.807) is 30.3 Å². The SMILES string of the molecule is O=C(O)c1cc(Cl)ccc1C(=O)Oc1ccccc1. The number of rotatable bonds is 3. The molecule has 19 heavy (non-hydrogen) atoms. The molecule has 0 aliphatic rings. The molecule has 0 saturated carbocycles. The normalized spacial score (nSPS) is 9.95. The van der Waals surface area contributed by atoms with Crippen LogP contribution >= 0.6 is 11.6 Å². The highest BCUT2D eigenvalue weighted by atomic mass is 35.5. The van der Waals surface area contributed by atoms with E-state index in [4.69, 9.17) is 21.4 Å². The van der Waals surface area contributed by atoms with Gasteiger partial charge in [-0.3, -0.25) is 0 Å². The maximum Gasteiger partial charge on any atom is 0.344 e. The molecular weight excluding hydrogens is 268 g/mol. The number of carbonyl (C=O) groups is 2. The van der Waals surface area contributed by atoms with Crippen LogP contribution in [0.3, 0.4) is 0 Å². The van der Waals surface area contributed by atoms with Crippen molar-refractivity contribution in [1.82, 2.24) is 0 Å². The van der Waals surface area contributed by atoms with E-state index < -0.39 is 11.9 Å². The van der Waals surface area contributed by atoms with E-state index in [1.165, 1.54) is 18.2 Å². The Labute approximate surface area is 114 Å². The molecule has 0 saturated heterocycles. The molecule has 4 nitrogen and oxygen atoms in total. The van der Waals surface area contributed by atoms with Crippen molar-refractivity contribution in [2.45, 2.75) is 0 Å². The third-order valence-corrected chi connectivity index (χ3v) is 2.62. The summed E-state index contributed by atoms with van der Waals surface area (Å²) in [6.07, 6.45) is 0. The number of carboxylic acid groups (broad SMARTS) is 1. The van der Waals surface area contributed by atoms with Crippen LogP contribution in [0.15, 0.2) is 48.5 Å². The zero-order chi connectivity index (χ0) is 13.8. The first-order chi connectivity index (χ1) is 9.08. The second-order valence-electron chi connectivity index (χ2n) is 3.70. The van der Waals surface area contributed by atoms with Gasteiger partial charge in [-0.25, -0.2) is 9.59 Å². The summed E-state index contributed by atoms with van der Waals surface area (Å²) in [4.78, 5) is 23.0. The lowest BCUT2D eigenvalue weighted by Gasteiger charge is -2.07. The fourth-order valence-corrected chi connectivity index (χ4v) is 1.69. The van der Waals surface area contributed by atoms with Gasteiger partial charge >= 0.3 is 11.9 Å². The quantitative estimate of drug-likeness (QED) is 0.690. The molecule has 96 valence electrons. The van der Waals surface area contributed by atoms with Crippen LogP contribution in [0, 0.1) is 0 Å². The molecule has 0 heterocycles. The second kappa shape index (κ2) is 5.54. The lowest BCUT2D eigenvalue weighted by Crippen LogP contribution is -2.14. The first-order valence-electron chi connectivity index (χ1n) is 5.38. The Balaban J connectivity index is 2.31. The van der Waals surface area contributed by atoms with Gasteiger partial charge in [0.25, 0.3) is 0 Å². The van der Waals surface area contributed by atoms with E-state index in [2.05, 4.69) is 0 Å². The average Bonchev–Trinajstić information content (AvgIpc) is 2.39. The molecule has 0 aromatic heterocycles. The van der Waals surface area contributed by atoms with Gasteiger partial charge in [0.15, 0.2) is 0 Å². The summed E-state index contributed by atoms with van der Waals surface area (Å²) in [6.45, 7) is 0. The summed E-state index contributed by atoms with van der Waals surface area (Å²) in [5.41, 5.74) is -0.228. The van der Waals surface area contributed by atoms with E-state index in [0.717, 1.165) is 0 Å². The van der Waals surface area contributed by atoms with Crippen molar-refractivity contribution in [1.29, 1.82) is 0 Å². The predicted octanol–water partition coefficient (Wildman–Crippen LogP) is 3.26. The van der Waals surface area contributed by atoms with Crippen LogP contribution in [0.5, 0.6) is 5.75 Å². The number of benzene rings is 2. The molecule has 5 heteroatoms. The van der Waals surface area contributed by atoms with E-state index in [9.17, 15) is 9.59 Å². The number of carboxylic acids is 1. The molecular formula is C14H9ClO4. The van der Waals surface area contributed by atoms with Gasteiger partial charge in [-0.15, -0.1) is 0 Å². The van der Waals surface area contributed by atoms with Crippen LogP contribution in [0.1, 0.15) is 20.7 Å². The number of esters is 1. The topological polar surface area (TPSA) is 63.6 Å². The zero-order valence-electron chi connectivity index (χ0n) is 9.67. The monoisotopic (exact) mass is 276 g/mol. The van der Waals surface area contributed by atoms with Gasteiger partial charge in [-0.05, 0) is 30.3 Å². The number of carbonyl (C=O) groups excluding carboxylic acids is 1. The van der Waals surface area contributed by atoms with Crippen molar-refractivity contribution in [3.05, 3.63) is 64.7 Å². The maximum atomic E-state index is 11.9. The van der Waals surface area contributed by atoms with E-state index in [0.29, 0.717) is 5.75 Å². The van der Waals surface area contributed by atoms with Crippen LogP contribution in [0.4, 0.5) is 0 Å². The van der Waals surface area contributed by atoms with Gasteiger partial charge in [-0.1, -0.05) is 29.8 Å². The minimum absolute atomic E-state index is 0.0410.